The van der Waals surface area contributed by atoms with Crippen molar-refractivity contribution in [3.8, 4) is 0 Å². The molecule has 0 atom stereocenters. The fraction of sp³-hybridized carbons (Fsp3) is 0.333. The molecule has 0 spiro atoms. The molecule has 16 heavy (non-hydrogen) atoms. The molecule has 4 heteroatoms. The third-order valence-corrected chi connectivity index (χ3v) is 2.90. The summed E-state index contributed by atoms with van der Waals surface area (Å²) in [6, 6.07) is 7.95. The molecule has 0 radical (unpaired) electrons. The van der Waals surface area contributed by atoms with Crippen molar-refractivity contribution in [2.24, 2.45) is 0 Å². The molecule has 0 aliphatic heterocycles. The van der Waals surface area contributed by atoms with Crippen LogP contribution in [0.3, 0.4) is 0 Å². The van der Waals surface area contributed by atoms with Crippen molar-refractivity contribution >= 4 is 23.5 Å². The van der Waals surface area contributed by atoms with Gasteiger partial charge in [-0.05, 0) is 23.4 Å². The van der Waals surface area contributed by atoms with Crippen molar-refractivity contribution in [1.29, 1.82) is 0 Å². The lowest BCUT2D eigenvalue weighted by molar-refractivity contribution is -0.136. The van der Waals surface area contributed by atoms with Gasteiger partial charge >= 0.3 is 0 Å². The molecule has 1 N–H and O–H groups in total. The lowest BCUT2D eigenvalue weighted by Gasteiger charge is -2.04. The Morgan fingerprint density at radius 2 is 1.88 bits per heavy atom. The molecule has 86 valence electrons. The van der Waals surface area contributed by atoms with E-state index in [1.54, 1.807) is 11.8 Å². The molecule has 0 saturated heterocycles. The van der Waals surface area contributed by atoms with Gasteiger partial charge < -0.3 is 5.32 Å². The van der Waals surface area contributed by atoms with Gasteiger partial charge in [-0.15, -0.1) is 11.8 Å². The van der Waals surface area contributed by atoms with Crippen molar-refractivity contribution in [2.75, 3.05) is 5.75 Å². The molecule has 1 rings (SSSR count). The number of carbonyl (C=O) groups excluding carboxylic acids is 2. The van der Waals surface area contributed by atoms with Crippen molar-refractivity contribution in [2.45, 2.75) is 25.3 Å². The van der Waals surface area contributed by atoms with Crippen LogP contribution >= 0.6 is 11.8 Å². The maximum Gasteiger partial charge on any atom is 0.287 e. The van der Waals surface area contributed by atoms with Gasteiger partial charge in [0.15, 0.2) is 0 Å². The predicted octanol–water partition coefficient (Wildman–Crippen LogP) is 2.00. The van der Waals surface area contributed by atoms with E-state index in [9.17, 15) is 9.59 Å². The molecular weight excluding hydrogens is 222 g/mol. The standard InChI is InChI=1S/C12H15NO2S/c1-3-16-11-6-4-10(5-7-11)8-13-12(15)9(2)14/h4-7H,3,8H2,1-2H3,(H,13,15). The van der Waals surface area contributed by atoms with Crippen LogP contribution in [0, 0.1) is 0 Å². The number of carbonyl (C=O) groups is 2. The van der Waals surface area contributed by atoms with Gasteiger partial charge in [-0.3, -0.25) is 9.59 Å². The number of hydrogen-bond acceptors (Lipinski definition) is 3. The minimum absolute atomic E-state index is 0.398. The van der Waals surface area contributed by atoms with Crippen molar-refractivity contribution in [3.05, 3.63) is 29.8 Å². The number of thioether (sulfide) groups is 1. The van der Waals surface area contributed by atoms with E-state index in [2.05, 4.69) is 12.2 Å². The highest BCUT2D eigenvalue weighted by molar-refractivity contribution is 7.99. The van der Waals surface area contributed by atoms with Crippen LogP contribution in [0.25, 0.3) is 0 Å². The number of ketones is 1. The lowest BCUT2D eigenvalue weighted by atomic mass is 10.2. The summed E-state index contributed by atoms with van der Waals surface area (Å²) in [5.74, 6) is 0.0469. The van der Waals surface area contributed by atoms with Crippen LogP contribution in [-0.2, 0) is 16.1 Å². The Balaban J connectivity index is 2.49. The largest absolute Gasteiger partial charge is 0.345 e. The minimum atomic E-state index is -0.535. The number of hydrogen-bond donors (Lipinski definition) is 1. The maximum atomic E-state index is 11.0. The molecule has 1 amide bonds. The predicted molar refractivity (Wildman–Crippen MR) is 65.4 cm³/mol. The fourth-order valence-corrected chi connectivity index (χ4v) is 1.84. The summed E-state index contributed by atoms with van der Waals surface area (Å²) < 4.78 is 0. The summed E-state index contributed by atoms with van der Waals surface area (Å²) >= 11 is 1.77. The van der Waals surface area contributed by atoms with Crippen molar-refractivity contribution < 1.29 is 9.59 Å². The van der Waals surface area contributed by atoms with E-state index in [1.165, 1.54) is 11.8 Å². The van der Waals surface area contributed by atoms with Crippen LogP contribution in [0.2, 0.25) is 0 Å². The van der Waals surface area contributed by atoms with Crippen molar-refractivity contribution in [3.63, 3.8) is 0 Å². The number of amides is 1. The summed E-state index contributed by atoms with van der Waals surface area (Å²) in [7, 11) is 0. The van der Waals surface area contributed by atoms with Gasteiger partial charge in [0, 0.05) is 18.4 Å². The fourth-order valence-electron chi connectivity index (χ4n) is 1.18. The second-order valence-corrected chi connectivity index (χ2v) is 4.65. The van der Waals surface area contributed by atoms with Gasteiger partial charge in [0.05, 0.1) is 0 Å². The lowest BCUT2D eigenvalue weighted by Crippen LogP contribution is -2.28. The summed E-state index contributed by atoms with van der Waals surface area (Å²) in [6.45, 7) is 3.76. The first-order valence-electron chi connectivity index (χ1n) is 5.14. The highest BCUT2D eigenvalue weighted by atomic mass is 32.2. The zero-order valence-corrected chi connectivity index (χ0v) is 10.3. The van der Waals surface area contributed by atoms with Gasteiger partial charge in [0.2, 0.25) is 5.78 Å². The Morgan fingerprint density at radius 1 is 1.25 bits per heavy atom. The number of rotatable bonds is 5. The van der Waals surface area contributed by atoms with Gasteiger partial charge in [0.25, 0.3) is 5.91 Å². The number of nitrogens with one attached hydrogen (secondary N) is 1. The highest BCUT2D eigenvalue weighted by Crippen LogP contribution is 2.17. The van der Waals surface area contributed by atoms with E-state index in [0.717, 1.165) is 11.3 Å². The van der Waals surface area contributed by atoms with Crippen LogP contribution in [0.1, 0.15) is 19.4 Å². The molecule has 0 saturated carbocycles. The first-order valence-corrected chi connectivity index (χ1v) is 6.12. The summed E-state index contributed by atoms with van der Waals surface area (Å²) in [5.41, 5.74) is 0.995. The first kappa shape index (κ1) is 12.8. The van der Waals surface area contributed by atoms with E-state index in [0.29, 0.717) is 6.54 Å². The Morgan fingerprint density at radius 3 is 2.38 bits per heavy atom. The minimum Gasteiger partial charge on any atom is -0.345 e. The maximum absolute atomic E-state index is 11.0. The zero-order chi connectivity index (χ0) is 12.0. The van der Waals surface area contributed by atoms with Gasteiger partial charge in [-0.2, -0.15) is 0 Å². The normalized spacial score (nSPS) is 9.88. The van der Waals surface area contributed by atoms with Crippen LogP contribution in [0.15, 0.2) is 29.2 Å². The van der Waals surface area contributed by atoms with Crippen LogP contribution < -0.4 is 5.32 Å². The molecule has 1 aromatic rings. The topological polar surface area (TPSA) is 46.2 Å². The SMILES string of the molecule is CCSc1ccc(CNC(=O)C(C)=O)cc1. The second kappa shape index (κ2) is 6.33. The zero-order valence-electron chi connectivity index (χ0n) is 9.45. The Bertz CT molecular complexity index is 373. The molecule has 3 nitrogen and oxygen atoms in total. The molecule has 0 aromatic heterocycles. The molecular formula is C12H15NO2S. The molecule has 0 fully saturated rings. The summed E-state index contributed by atoms with van der Waals surface area (Å²) in [6.07, 6.45) is 0. The summed E-state index contributed by atoms with van der Waals surface area (Å²) in [4.78, 5) is 22.9. The van der Waals surface area contributed by atoms with E-state index < -0.39 is 11.7 Å². The molecule has 0 aliphatic rings. The van der Waals surface area contributed by atoms with Crippen LogP contribution in [0.5, 0.6) is 0 Å². The van der Waals surface area contributed by atoms with Gasteiger partial charge in [-0.25, -0.2) is 0 Å². The van der Waals surface area contributed by atoms with E-state index >= 15 is 0 Å². The van der Waals surface area contributed by atoms with Crippen molar-refractivity contribution in [1.82, 2.24) is 5.32 Å². The smallest absolute Gasteiger partial charge is 0.287 e. The third kappa shape index (κ3) is 4.06. The monoisotopic (exact) mass is 237 g/mol. The van der Waals surface area contributed by atoms with E-state index in [4.69, 9.17) is 0 Å². The van der Waals surface area contributed by atoms with Gasteiger partial charge in [-0.1, -0.05) is 19.1 Å². The third-order valence-electron chi connectivity index (χ3n) is 2.01. The number of Topliss-reactive ketones (excluding diaryl/α,β-unsaturated/α-hetero) is 1. The first-order chi connectivity index (χ1) is 7.63. The quantitative estimate of drug-likeness (QED) is 0.629. The average Bonchev–Trinajstić information content (AvgIpc) is 2.28. The molecule has 1 aromatic carbocycles. The average molecular weight is 237 g/mol. The molecule has 0 bridgehead atoms. The second-order valence-electron chi connectivity index (χ2n) is 3.32. The van der Waals surface area contributed by atoms with Crippen LogP contribution in [-0.4, -0.2) is 17.4 Å². The van der Waals surface area contributed by atoms with Gasteiger partial charge in [0.1, 0.15) is 0 Å². The molecule has 0 aliphatic carbocycles. The van der Waals surface area contributed by atoms with E-state index in [1.807, 2.05) is 24.3 Å². The number of benzene rings is 1. The molecule has 0 unspecified atom stereocenters. The Labute approximate surface area is 99.6 Å². The molecule has 0 heterocycles. The summed E-state index contributed by atoms with van der Waals surface area (Å²) in [5, 5.41) is 2.55. The highest BCUT2D eigenvalue weighted by Gasteiger charge is 2.05. The van der Waals surface area contributed by atoms with E-state index in [-0.39, 0.29) is 0 Å². The van der Waals surface area contributed by atoms with Crippen LogP contribution in [0.4, 0.5) is 0 Å². The Hall–Kier alpha value is -1.29. The Kier molecular flexibility index (Phi) is 5.05.